The van der Waals surface area contributed by atoms with Crippen LogP contribution in [0.3, 0.4) is 0 Å². The molecule has 5 heteroatoms. The average molecular weight is 231 g/mol. The van der Waals surface area contributed by atoms with Gasteiger partial charge in [0.2, 0.25) is 5.92 Å². The summed E-state index contributed by atoms with van der Waals surface area (Å²) in [5.74, 6) is -1.62. The van der Waals surface area contributed by atoms with Gasteiger partial charge in [-0.1, -0.05) is 0 Å². The Hall–Kier alpha value is -0.870. The van der Waals surface area contributed by atoms with Gasteiger partial charge in [-0.05, 0) is 25.2 Å². The third-order valence-corrected chi connectivity index (χ3v) is 3.21. The third kappa shape index (κ3) is 3.32. The molecule has 0 aromatic carbocycles. The topological polar surface area (TPSA) is 36.4 Å². The predicted octanol–water partition coefficient (Wildman–Crippen LogP) is 1.75. The SMILES string of the molecule is CN=C(NCC1CCC(F)(F)C1)NC1CC1. The smallest absolute Gasteiger partial charge is 0.248 e. The molecule has 2 aliphatic rings. The zero-order valence-electron chi connectivity index (χ0n) is 9.60. The molecule has 1 unspecified atom stereocenters. The molecule has 0 amide bonds. The number of hydrogen-bond acceptors (Lipinski definition) is 1. The Bertz CT molecular complexity index is 274. The molecule has 0 aromatic rings. The second kappa shape index (κ2) is 4.55. The number of nitrogens with one attached hydrogen (secondary N) is 2. The van der Waals surface area contributed by atoms with E-state index in [1.807, 2.05) is 0 Å². The third-order valence-electron chi connectivity index (χ3n) is 3.21. The van der Waals surface area contributed by atoms with Crippen LogP contribution in [0, 0.1) is 5.92 Å². The highest BCUT2D eigenvalue weighted by molar-refractivity contribution is 5.80. The van der Waals surface area contributed by atoms with E-state index in [1.165, 1.54) is 12.8 Å². The molecular weight excluding hydrogens is 212 g/mol. The van der Waals surface area contributed by atoms with Crippen LogP contribution in [0.5, 0.6) is 0 Å². The maximum Gasteiger partial charge on any atom is 0.248 e. The minimum atomic E-state index is -2.44. The average Bonchev–Trinajstić information content (AvgIpc) is 2.97. The Kier molecular flexibility index (Phi) is 3.30. The molecule has 0 saturated heterocycles. The molecule has 2 fully saturated rings. The number of rotatable bonds is 3. The van der Waals surface area contributed by atoms with E-state index in [9.17, 15) is 8.78 Å². The zero-order valence-corrected chi connectivity index (χ0v) is 9.60. The quantitative estimate of drug-likeness (QED) is 0.573. The fraction of sp³-hybridized carbons (Fsp3) is 0.909. The van der Waals surface area contributed by atoms with Gasteiger partial charge in [-0.2, -0.15) is 0 Å². The second-order valence-electron chi connectivity index (χ2n) is 4.84. The highest BCUT2D eigenvalue weighted by Gasteiger charge is 2.39. The van der Waals surface area contributed by atoms with Gasteiger partial charge >= 0.3 is 0 Å². The van der Waals surface area contributed by atoms with Gasteiger partial charge < -0.3 is 10.6 Å². The fourth-order valence-corrected chi connectivity index (χ4v) is 2.07. The Balaban J connectivity index is 1.70. The van der Waals surface area contributed by atoms with Crippen molar-refractivity contribution >= 4 is 5.96 Å². The molecule has 92 valence electrons. The minimum absolute atomic E-state index is 0.0143. The van der Waals surface area contributed by atoms with E-state index in [1.54, 1.807) is 7.05 Å². The van der Waals surface area contributed by atoms with Gasteiger partial charge in [0.1, 0.15) is 0 Å². The van der Waals surface area contributed by atoms with Crippen LogP contribution in [0.15, 0.2) is 4.99 Å². The van der Waals surface area contributed by atoms with Crippen molar-refractivity contribution in [3.05, 3.63) is 0 Å². The van der Waals surface area contributed by atoms with Gasteiger partial charge in [0.25, 0.3) is 0 Å². The van der Waals surface area contributed by atoms with Gasteiger partial charge in [0.05, 0.1) is 0 Å². The van der Waals surface area contributed by atoms with Crippen molar-refractivity contribution in [3.8, 4) is 0 Å². The maximum absolute atomic E-state index is 12.9. The molecule has 0 spiro atoms. The normalized spacial score (nSPS) is 29.2. The predicted molar refractivity (Wildman–Crippen MR) is 59.8 cm³/mol. The summed E-state index contributed by atoms with van der Waals surface area (Å²) in [4.78, 5) is 4.07. The molecule has 0 heterocycles. The van der Waals surface area contributed by atoms with Gasteiger partial charge in [-0.25, -0.2) is 8.78 Å². The van der Waals surface area contributed by atoms with Gasteiger partial charge in [-0.3, -0.25) is 4.99 Å². The molecule has 2 saturated carbocycles. The van der Waals surface area contributed by atoms with Crippen LogP contribution in [-0.2, 0) is 0 Å². The van der Waals surface area contributed by atoms with E-state index < -0.39 is 5.92 Å². The van der Waals surface area contributed by atoms with E-state index in [4.69, 9.17) is 0 Å². The molecule has 2 rings (SSSR count). The van der Waals surface area contributed by atoms with Crippen LogP contribution in [-0.4, -0.2) is 31.5 Å². The number of guanidine groups is 1. The van der Waals surface area contributed by atoms with Crippen molar-refractivity contribution in [3.63, 3.8) is 0 Å². The summed E-state index contributed by atoms with van der Waals surface area (Å²) in [6.07, 6.45) is 3.03. The first kappa shape index (κ1) is 11.6. The summed E-state index contributed by atoms with van der Waals surface area (Å²) in [5.41, 5.74) is 0. The van der Waals surface area contributed by atoms with Crippen LogP contribution >= 0.6 is 0 Å². The standard InChI is InChI=1S/C11H19F2N3/c1-14-10(16-9-2-3-9)15-7-8-4-5-11(12,13)6-8/h8-9H,2-7H2,1H3,(H2,14,15,16). The van der Waals surface area contributed by atoms with Gasteiger partial charge in [-0.15, -0.1) is 0 Å². The lowest BCUT2D eigenvalue weighted by Gasteiger charge is -2.15. The van der Waals surface area contributed by atoms with E-state index in [0.29, 0.717) is 19.0 Å². The summed E-state index contributed by atoms with van der Waals surface area (Å²) in [7, 11) is 1.71. The minimum Gasteiger partial charge on any atom is -0.356 e. The van der Waals surface area contributed by atoms with Crippen molar-refractivity contribution in [1.82, 2.24) is 10.6 Å². The molecule has 2 N–H and O–H groups in total. The zero-order chi connectivity index (χ0) is 11.6. The van der Waals surface area contributed by atoms with Crippen LogP contribution in [0.4, 0.5) is 8.78 Å². The lowest BCUT2D eigenvalue weighted by molar-refractivity contribution is 0.00523. The van der Waals surface area contributed by atoms with Crippen LogP contribution in [0.25, 0.3) is 0 Å². The lowest BCUT2D eigenvalue weighted by Crippen LogP contribution is -2.40. The first-order valence-corrected chi connectivity index (χ1v) is 5.94. The summed E-state index contributed by atoms with van der Waals surface area (Å²) in [6.45, 7) is 0.599. The van der Waals surface area contributed by atoms with Gasteiger partial charge in [0, 0.05) is 32.5 Å². The molecule has 1 atom stereocenters. The monoisotopic (exact) mass is 231 g/mol. The first-order valence-electron chi connectivity index (χ1n) is 5.94. The number of halogens is 2. The molecule has 0 bridgehead atoms. The van der Waals surface area contributed by atoms with Crippen molar-refractivity contribution in [1.29, 1.82) is 0 Å². The summed E-state index contributed by atoms with van der Waals surface area (Å²) < 4.78 is 25.9. The van der Waals surface area contributed by atoms with Crippen molar-refractivity contribution in [2.24, 2.45) is 10.9 Å². The van der Waals surface area contributed by atoms with Crippen LogP contribution < -0.4 is 10.6 Å². The molecule has 0 radical (unpaired) electrons. The van der Waals surface area contributed by atoms with E-state index in [0.717, 1.165) is 5.96 Å². The van der Waals surface area contributed by atoms with Crippen molar-refractivity contribution in [2.45, 2.75) is 44.1 Å². The van der Waals surface area contributed by atoms with E-state index >= 15 is 0 Å². The summed E-state index contributed by atoms with van der Waals surface area (Å²) >= 11 is 0. The number of nitrogens with zero attached hydrogens (tertiary/aromatic N) is 1. The van der Waals surface area contributed by atoms with Crippen molar-refractivity contribution < 1.29 is 8.78 Å². The Morgan fingerprint density at radius 1 is 1.38 bits per heavy atom. The van der Waals surface area contributed by atoms with E-state index in [-0.39, 0.29) is 18.8 Å². The number of aliphatic imine (C=N–C) groups is 1. The Morgan fingerprint density at radius 2 is 2.12 bits per heavy atom. The largest absolute Gasteiger partial charge is 0.356 e. The Labute approximate surface area is 94.7 Å². The number of alkyl halides is 2. The Morgan fingerprint density at radius 3 is 2.62 bits per heavy atom. The molecule has 0 aromatic heterocycles. The lowest BCUT2D eigenvalue weighted by atomic mass is 10.1. The summed E-state index contributed by atoms with van der Waals surface area (Å²) in [6, 6.07) is 0.538. The van der Waals surface area contributed by atoms with Crippen LogP contribution in [0.2, 0.25) is 0 Å². The van der Waals surface area contributed by atoms with Gasteiger partial charge in [0.15, 0.2) is 5.96 Å². The van der Waals surface area contributed by atoms with Crippen LogP contribution in [0.1, 0.15) is 32.1 Å². The number of hydrogen-bond donors (Lipinski definition) is 2. The first-order chi connectivity index (χ1) is 7.59. The molecule has 3 nitrogen and oxygen atoms in total. The molecule has 2 aliphatic carbocycles. The summed E-state index contributed by atoms with van der Waals surface area (Å²) in [5, 5.41) is 6.36. The maximum atomic E-state index is 12.9. The highest BCUT2D eigenvalue weighted by Crippen LogP contribution is 2.38. The highest BCUT2D eigenvalue weighted by atomic mass is 19.3. The van der Waals surface area contributed by atoms with Crippen molar-refractivity contribution in [2.75, 3.05) is 13.6 Å². The van der Waals surface area contributed by atoms with E-state index in [2.05, 4.69) is 15.6 Å². The molecule has 0 aliphatic heterocycles. The molecule has 16 heavy (non-hydrogen) atoms. The second-order valence-corrected chi connectivity index (χ2v) is 4.84. The fourth-order valence-electron chi connectivity index (χ4n) is 2.07. The molecular formula is C11H19F2N3.